The van der Waals surface area contributed by atoms with E-state index in [-0.39, 0.29) is 12.5 Å². The SMILES string of the molecule is CN1C(=O)CON=C1c1ccc2c(c1)CCO2. The number of nitrogens with zero attached hydrogens (tertiary/aromatic N) is 2. The van der Waals surface area contributed by atoms with Gasteiger partial charge in [0, 0.05) is 19.0 Å². The summed E-state index contributed by atoms with van der Waals surface area (Å²) in [6.45, 7) is 0.727. The van der Waals surface area contributed by atoms with Crippen LogP contribution in [0, 0.1) is 0 Å². The monoisotopic (exact) mass is 232 g/mol. The number of hydrogen-bond acceptors (Lipinski definition) is 4. The Kier molecular flexibility index (Phi) is 2.24. The van der Waals surface area contributed by atoms with Crippen LogP contribution >= 0.6 is 0 Å². The van der Waals surface area contributed by atoms with Gasteiger partial charge in [-0.05, 0) is 23.8 Å². The van der Waals surface area contributed by atoms with Crippen molar-refractivity contribution in [1.82, 2.24) is 4.90 Å². The molecule has 5 nitrogen and oxygen atoms in total. The Bertz CT molecular complexity index is 510. The van der Waals surface area contributed by atoms with Gasteiger partial charge < -0.3 is 9.57 Å². The molecule has 3 rings (SSSR count). The maximum Gasteiger partial charge on any atom is 0.268 e. The van der Waals surface area contributed by atoms with Crippen molar-refractivity contribution in [2.45, 2.75) is 6.42 Å². The third kappa shape index (κ3) is 1.63. The fourth-order valence-corrected chi connectivity index (χ4v) is 2.00. The number of benzene rings is 1. The van der Waals surface area contributed by atoms with Gasteiger partial charge in [0.2, 0.25) is 0 Å². The molecule has 0 fully saturated rings. The molecule has 0 unspecified atom stereocenters. The van der Waals surface area contributed by atoms with E-state index in [1.165, 1.54) is 4.90 Å². The Hall–Kier alpha value is -2.04. The van der Waals surface area contributed by atoms with Crippen LogP contribution in [0.15, 0.2) is 23.4 Å². The molecule has 0 radical (unpaired) electrons. The van der Waals surface area contributed by atoms with E-state index in [1.807, 2.05) is 18.2 Å². The Morgan fingerprint density at radius 3 is 3.18 bits per heavy atom. The van der Waals surface area contributed by atoms with Crippen molar-refractivity contribution in [3.05, 3.63) is 29.3 Å². The van der Waals surface area contributed by atoms with E-state index in [9.17, 15) is 4.79 Å². The zero-order valence-electron chi connectivity index (χ0n) is 9.47. The molecule has 0 aromatic heterocycles. The molecule has 5 heteroatoms. The number of fused-ring (bicyclic) bond motifs is 1. The van der Waals surface area contributed by atoms with E-state index < -0.39 is 0 Å². The highest BCUT2D eigenvalue weighted by molar-refractivity contribution is 6.08. The Balaban J connectivity index is 1.99. The molecule has 2 aliphatic heterocycles. The molecule has 0 bridgehead atoms. The van der Waals surface area contributed by atoms with Crippen LogP contribution in [0.1, 0.15) is 11.1 Å². The molecule has 1 aromatic rings. The zero-order chi connectivity index (χ0) is 11.8. The van der Waals surface area contributed by atoms with E-state index in [1.54, 1.807) is 7.05 Å². The van der Waals surface area contributed by atoms with Gasteiger partial charge in [0.15, 0.2) is 12.4 Å². The summed E-state index contributed by atoms with van der Waals surface area (Å²) in [7, 11) is 1.70. The second kappa shape index (κ2) is 3.76. The van der Waals surface area contributed by atoms with E-state index in [0.29, 0.717) is 5.84 Å². The fourth-order valence-electron chi connectivity index (χ4n) is 2.00. The zero-order valence-corrected chi connectivity index (χ0v) is 9.47. The second-order valence-corrected chi connectivity index (χ2v) is 4.06. The average Bonchev–Trinajstić information content (AvgIpc) is 2.79. The van der Waals surface area contributed by atoms with Gasteiger partial charge >= 0.3 is 0 Å². The van der Waals surface area contributed by atoms with Gasteiger partial charge in [-0.3, -0.25) is 9.69 Å². The molecule has 0 N–H and O–H groups in total. The Morgan fingerprint density at radius 1 is 1.41 bits per heavy atom. The van der Waals surface area contributed by atoms with Gasteiger partial charge in [0.25, 0.3) is 5.91 Å². The van der Waals surface area contributed by atoms with Gasteiger partial charge in [0.05, 0.1) is 6.61 Å². The van der Waals surface area contributed by atoms with Crippen LogP contribution in [0.2, 0.25) is 0 Å². The van der Waals surface area contributed by atoms with Crippen molar-refractivity contribution in [3.8, 4) is 5.75 Å². The van der Waals surface area contributed by atoms with Crippen LogP contribution in [-0.4, -0.2) is 36.9 Å². The molecule has 2 aliphatic rings. The lowest BCUT2D eigenvalue weighted by Gasteiger charge is -2.22. The minimum Gasteiger partial charge on any atom is -0.493 e. The summed E-state index contributed by atoms with van der Waals surface area (Å²) in [5.74, 6) is 1.38. The van der Waals surface area contributed by atoms with Crippen molar-refractivity contribution in [2.24, 2.45) is 5.16 Å². The predicted molar refractivity (Wildman–Crippen MR) is 60.9 cm³/mol. The second-order valence-electron chi connectivity index (χ2n) is 4.06. The third-order valence-corrected chi connectivity index (χ3v) is 2.98. The smallest absolute Gasteiger partial charge is 0.268 e. The molecular weight excluding hydrogens is 220 g/mol. The number of hydrogen-bond donors (Lipinski definition) is 0. The lowest BCUT2D eigenvalue weighted by Crippen LogP contribution is -2.39. The number of carbonyl (C=O) groups excluding carboxylic acids is 1. The first-order valence-electron chi connectivity index (χ1n) is 5.48. The molecule has 1 aromatic carbocycles. The van der Waals surface area contributed by atoms with Crippen LogP contribution in [0.5, 0.6) is 5.75 Å². The van der Waals surface area contributed by atoms with Crippen LogP contribution in [0.4, 0.5) is 0 Å². The number of likely N-dealkylation sites (N-methyl/N-ethyl adjacent to an activating group) is 1. The Labute approximate surface area is 98.6 Å². The van der Waals surface area contributed by atoms with E-state index >= 15 is 0 Å². The number of oxime groups is 1. The highest BCUT2D eigenvalue weighted by Crippen LogP contribution is 2.26. The van der Waals surface area contributed by atoms with Crippen molar-refractivity contribution in [1.29, 1.82) is 0 Å². The van der Waals surface area contributed by atoms with Gasteiger partial charge in [0.1, 0.15) is 5.75 Å². The molecule has 0 spiro atoms. The number of ether oxygens (including phenoxy) is 1. The number of amidine groups is 1. The molecule has 0 atom stereocenters. The number of carbonyl (C=O) groups is 1. The van der Waals surface area contributed by atoms with Crippen LogP contribution in [0.25, 0.3) is 0 Å². The van der Waals surface area contributed by atoms with E-state index in [4.69, 9.17) is 9.57 Å². The normalized spacial score (nSPS) is 18.3. The van der Waals surface area contributed by atoms with Gasteiger partial charge in [-0.25, -0.2) is 0 Å². The summed E-state index contributed by atoms with van der Waals surface area (Å²) in [5, 5.41) is 3.94. The fraction of sp³-hybridized carbons (Fsp3) is 0.333. The first-order chi connectivity index (χ1) is 8.25. The van der Waals surface area contributed by atoms with Crippen molar-refractivity contribution >= 4 is 11.7 Å². The standard InChI is InChI=1S/C12H12N2O3/c1-14-11(15)7-17-13-12(14)9-2-3-10-8(6-9)4-5-16-10/h2-3,6H,4-5,7H2,1H3. The molecule has 1 amide bonds. The highest BCUT2D eigenvalue weighted by atomic mass is 16.6. The van der Waals surface area contributed by atoms with Gasteiger partial charge in [-0.1, -0.05) is 5.16 Å². The predicted octanol–water partition coefficient (Wildman–Crippen LogP) is 0.772. The van der Waals surface area contributed by atoms with E-state index in [2.05, 4.69) is 5.16 Å². The van der Waals surface area contributed by atoms with Gasteiger partial charge in [-0.2, -0.15) is 0 Å². The van der Waals surface area contributed by atoms with Crippen LogP contribution in [0.3, 0.4) is 0 Å². The van der Waals surface area contributed by atoms with Crippen molar-refractivity contribution < 1.29 is 14.4 Å². The van der Waals surface area contributed by atoms with E-state index in [0.717, 1.165) is 29.9 Å². The minimum atomic E-state index is -0.0910. The first-order valence-corrected chi connectivity index (χ1v) is 5.48. The molecular formula is C12H12N2O3. The van der Waals surface area contributed by atoms with Crippen LogP contribution < -0.4 is 4.74 Å². The molecule has 2 heterocycles. The molecule has 88 valence electrons. The largest absolute Gasteiger partial charge is 0.493 e. The van der Waals surface area contributed by atoms with Crippen LogP contribution in [-0.2, 0) is 16.1 Å². The minimum absolute atomic E-state index is 0.00799. The first kappa shape index (κ1) is 10.1. The summed E-state index contributed by atoms with van der Waals surface area (Å²) < 4.78 is 5.44. The summed E-state index contributed by atoms with van der Waals surface area (Å²) in [6.07, 6.45) is 0.898. The topological polar surface area (TPSA) is 51.1 Å². The summed E-state index contributed by atoms with van der Waals surface area (Å²) in [5.41, 5.74) is 2.03. The highest BCUT2D eigenvalue weighted by Gasteiger charge is 2.23. The maximum atomic E-state index is 11.5. The molecule has 0 aliphatic carbocycles. The lowest BCUT2D eigenvalue weighted by molar-refractivity contribution is -0.133. The Morgan fingerprint density at radius 2 is 2.29 bits per heavy atom. The maximum absolute atomic E-state index is 11.5. The number of rotatable bonds is 1. The summed E-state index contributed by atoms with van der Waals surface area (Å²) in [6, 6.07) is 5.80. The average molecular weight is 232 g/mol. The summed E-state index contributed by atoms with van der Waals surface area (Å²) in [4.78, 5) is 17.9. The molecule has 0 saturated heterocycles. The van der Waals surface area contributed by atoms with Crippen molar-refractivity contribution in [2.75, 3.05) is 20.3 Å². The summed E-state index contributed by atoms with van der Waals surface area (Å²) >= 11 is 0. The van der Waals surface area contributed by atoms with Crippen molar-refractivity contribution in [3.63, 3.8) is 0 Å². The molecule has 17 heavy (non-hydrogen) atoms. The molecule has 0 saturated carbocycles. The van der Waals surface area contributed by atoms with Gasteiger partial charge in [-0.15, -0.1) is 0 Å². The quantitative estimate of drug-likeness (QED) is 0.718. The lowest BCUT2D eigenvalue weighted by atomic mass is 10.1. The third-order valence-electron chi connectivity index (χ3n) is 2.98. The number of amides is 1.